The topological polar surface area (TPSA) is 125 Å². The predicted molar refractivity (Wildman–Crippen MR) is 144 cm³/mol. The van der Waals surface area contributed by atoms with E-state index in [1.54, 1.807) is 37.2 Å². The van der Waals surface area contributed by atoms with Gasteiger partial charge in [-0.05, 0) is 42.8 Å². The van der Waals surface area contributed by atoms with E-state index < -0.39 is 0 Å². The standard InChI is InChI=1S/C28H24N8O/c1-2-3-4-26(37)33-19-11-18(14-30-15-19)23-12-21-25(16-32-23)35-36-28(21)24-13-20-22(34-24)7-10-31-27(20)17-5-8-29-9-6-17/h5-16,34H,2-4H2,1H3,(H,33,37)(H,35,36). The number of amides is 1. The molecular weight excluding hydrogens is 464 g/mol. The number of nitrogens with zero attached hydrogens (tertiary/aromatic N) is 5. The van der Waals surface area contributed by atoms with Gasteiger partial charge in [0.1, 0.15) is 5.69 Å². The van der Waals surface area contributed by atoms with E-state index in [1.165, 1.54) is 0 Å². The molecule has 0 unspecified atom stereocenters. The number of pyridine rings is 4. The number of unbranched alkanes of at least 4 members (excludes halogenated alkanes) is 1. The first-order valence-corrected chi connectivity index (χ1v) is 12.2. The first kappa shape index (κ1) is 22.5. The number of H-pyrrole nitrogens is 2. The van der Waals surface area contributed by atoms with Crippen LogP contribution in [-0.4, -0.2) is 41.0 Å². The number of rotatable bonds is 7. The Labute approximate surface area is 212 Å². The number of carbonyl (C=O) groups is 1. The Balaban J connectivity index is 1.37. The fourth-order valence-corrected chi connectivity index (χ4v) is 4.41. The van der Waals surface area contributed by atoms with Crippen LogP contribution in [-0.2, 0) is 4.79 Å². The Bertz CT molecular complexity index is 1720. The molecule has 0 saturated heterocycles. The summed E-state index contributed by atoms with van der Waals surface area (Å²) in [6, 6.07) is 11.8. The molecule has 0 saturated carbocycles. The molecule has 0 atom stereocenters. The fraction of sp³-hybridized carbons (Fsp3) is 0.143. The summed E-state index contributed by atoms with van der Waals surface area (Å²) in [5, 5.41) is 12.5. The van der Waals surface area contributed by atoms with Crippen LogP contribution in [0.2, 0.25) is 0 Å². The zero-order valence-corrected chi connectivity index (χ0v) is 20.2. The van der Waals surface area contributed by atoms with Gasteiger partial charge in [-0.25, -0.2) is 0 Å². The summed E-state index contributed by atoms with van der Waals surface area (Å²) in [5.41, 5.74) is 7.53. The van der Waals surface area contributed by atoms with Crippen molar-refractivity contribution in [1.82, 2.24) is 35.1 Å². The highest BCUT2D eigenvalue weighted by atomic mass is 16.1. The van der Waals surface area contributed by atoms with Crippen LogP contribution in [0.3, 0.4) is 0 Å². The fourth-order valence-electron chi connectivity index (χ4n) is 4.41. The van der Waals surface area contributed by atoms with Crippen molar-refractivity contribution >= 4 is 33.4 Å². The Hall–Kier alpha value is -4.92. The summed E-state index contributed by atoms with van der Waals surface area (Å²) >= 11 is 0. The zero-order chi connectivity index (χ0) is 25.2. The van der Waals surface area contributed by atoms with Crippen molar-refractivity contribution < 1.29 is 4.79 Å². The Morgan fingerprint density at radius 1 is 0.865 bits per heavy atom. The van der Waals surface area contributed by atoms with Crippen LogP contribution < -0.4 is 5.32 Å². The van der Waals surface area contributed by atoms with Crippen molar-refractivity contribution in [2.45, 2.75) is 26.2 Å². The van der Waals surface area contributed by atoms with Crippen molar-refractivity contribution in [2.75, 3.05) is 5.32 Å². The summed E-state index contributed by atoms with van der Waals surface area (Å²) in [7, 11) is 0. The van der Waals surface area contributed by atoms with Crippen molar-refractivity contribution in [1.29, 1.82) is 0 Å². The van der Waals surface area contributed by atoms with Crippen molar-refractivity contribution in [2.24, 2.45) is 0 Å². The Kier molecular flexibility index (Phi) is 5.86. The van der Waals surface area contributed by atoms with Gasteiger partial charge in [0.15, 0.2) is 0 Å². The first-order valence-electron chi connectivity index (χ1n) is 12.2. The van der Waals surface area contributed by atoms with Gasteiger partial charge >= 0.3 is 0 Å². The number of nitrogens with one attached hydrogen (secondary N) is 3. The third-order valence-corrected chi connectivity index (χ3v) is 6.28. The van der Waals surface area contributed by atoms with Gasteiger partial charge in [-0.15, -0.1) is 0 Å². The smallest absolute Gasteiger partial charge is 0.224 e. The van der Waals surface area contributed by atoms with E-state index in [4.69, 9.17) is 0 Å². The number of fused-ring (bicyclic) bond motifs is 2. The summed E-state index contributed by atoms with van der Waals surface area (Å²) in [6.07, 6.45) is 12.8. The molecule has 0 aliphatic rings. The van der Waals surface area contributed by atoms with Gasteiger partial charge in [0.2, 0.25) is 5.91 Å². The molecule has 6 aromatic rings. The molecule has 0 fully saturated rings. The van der Waals surface area contributed by atoms with E-state index in [0.717, 1.165) is 68.6 Å². The number of hydrogen-bond donors (Lipinski definition) is 3. The van der Waals surface area contributed by atoms with E-state index in [1.807, 2.05) is 30.3 Å². The molecule has 182 valence electrons. The number of anilines is 1. The third-order valence-electron chi connectivity index (χ3n) is 6.28. The lowest BCUT2D eigenvalue weighted by molar-refractivity contribution is -0.116. The molecule has 0 spiro atoms. The van der Waals surface area contributed by atoms with Crippen LogP contribution in [0.25, 0.3) is 55.7 Å². The number of hydrogen-bond acceptors (Lipinski definition) is 6. The van der Waals surface area contributed by atoms with Crippen LogP contribution in [0.5, 0.6) is 0 Å². The maximum Gasteiger partial charge on any atom is 0.224 e. The number of aromatic nitrogens is 7. The van der Waals surface area contributed by atoms with Crippen LogP contribution >= 0.6 is 0 Å². The van der Waals surface area contributed by atoms with E-state index in [9.17, 15) is 4.79 Å². The molecule has 37 heavy (non-hydrogen) atoms. The molecule has 6 heterocycles. The lowest BCUT2D eigenvalue weighted by Gasteiger charge is -2.07. The highest BCUT2D eigenvalue weighted by Gasteiger charge is 2.15. The average Bonchev–Trinajstić information content (AvgIpc) is 3.56. The number of carbonyl (C=O) groups excluding carboxylic acids is 1. The minimum atomic E-state index is -0.0132. The molecule has 9 nitrogen and oxygen atoms in total. The van der Waals surface area contributed by atoms with E-state index >= 15 is 0 Å². The monoisotopic (exact) mass is 488 g/mol. The van der Waals surface area contributed by atoms with Gasteiger partial charge in [0.05, 0.1) is 40.7 Å². The molecule has 0 aliphatic carbocycles. The molecule has 9 heteroatoms. The quantitative estimate of drug-likeness (QED) is 0.263. The SMILES string of the molecule is CCCCC(=O)Nc1cncc(-c2cc3c(-c4cc5c(-c6ccncc6)nccc5[nH]4)n[nH]c3cn2)c1. The first-order chi connectivity index (χ1) is 18.2. The van der Waals surface area contributed by atoms with Gasteiger partial charge in [-0.1, -0.05) is 13.3 Å². The lowest BCUT2D eigenvalue weighted by atomic mass is 10.1. The second-order valence-electron chi connectivity index (χ2n) is 8.84. The molecule has 3 N–H and O–H groups in total. The van der Waals surface area contributed by atoms with Gasteiger partial charge in [0.25, 0.3) is 0 Å². The summed E-state index contributed by atoms with van der Waals surface area (Å²) < 4.78 is 0. The largest absolute Gasteiger partial charge is 0.353 e. The van der Waals surface area contributed by atoms with Crippen LogP contribution in [0.1, 0.15) is 26.2 Å². The summed E-state index contributed by atoms with van der Waals surface area (Å²) in [5.74, 6) is -0.0132. The van der Waals surface area contributed by atoms with Gasteiger partial charge in [-0.2, -0.15) is 5.10 Å². The molecule has 0 aromatic carbocycles. The minimum absolute atomic E-state index is 0.0132. The highest BCUT2D eigenvalue weighted by Crippen LogP contribution is 2.33. The van der Waals surface area contributed by atoms with Gasteiger partial charge in [0, 0.05) is 58.6 Å². The number of aromatic amines is 2. The molecular formula is C28H24N8O. The second-order valence-corrected chi connectivity index (χ2v) is 8.84. The Morgan fingerprint density at radius 2 is 1.73 bits per heavy atom. The third kappa shape index (κ3) is 4.42. The maximum atomic E-state index is 12.2. The summed E-state index contributed by atoms with van der Waals surface area (Å²) in [6.45, 7) is 2.06. The molecule has 6 aromatic heterocycles. The van der Waals surface area contributed by atoms with Gasteiger partial charge in [-0.3, -0.25) is 29.8 Å². The maximum absolute atomic E-state index is 12.2. The molecule has 6 rings (SSSR count). The van der Waals surface area contributed by atoms with E-state index in [2.05, 4.69) is 53.4 Å². The second kappa shape index (κ2) is 9.62. The lowest BCUT2D eigenvalue weighted by Crippen LogP contribution is -2.11. The van der Waals surface area contributed by atoms with Crippen molar-refractivity contribution in [3.05, 3.63) is 73.6 Å². The van der Waals surface area contributed by atoms with Crippen LogP contribution in [0, 0.1) is 0 Å². The average molecular weight is 489 g/mol. The molecule has 0 bridgehead atoms. The highest BCUT2D eigenvalue weighted by molar-refractivity contribution is 6.00. The molecule has 0 aliphatic heterocycles. The predicted octanol–water partition coefficient (Wildman–Crippen LogP) is 5.75. The minimum Gasteiger partial charge on any atom is -0.353 e. The van der Waals surface area contributed by atoms with Crippen molar-refractivity contribution in [3.8, 4) is 33.9 Å². The Morgan fingerprint density at radius 3 is 2.59 bits per heavy atom. The van der Waals surface area contributed by atoms with Crippen molar-refractivity contribution in [3.63, 3.8) is 0 Å². The normalized spacial score (nSPS) is 11.3. The summed E-state index contributed by atoms with van der Waals surface area (Å²) in [4.78, 5) is 33.3. The zero-order valence-electron chi connectivity index (χ0n) is 20.2. The van der Waals surface area contributed by atoms with Crippen LogP contribution in [0.15, 0.2) is 73.6 Å². The van der Waals surface area contributed by atoms with E-state index in [-0.39, 0.29) is 5.91 Å². The van der Waals surface area contributed by atoms with E-state index in [0.29, 0.717) is 12.1 Å². The van der Waals surface area contributed by atoms with Gasteiger partial charge < -0.3 is 10.3 Å². The molecule has 0 radical (unpaired) electrons. The molecule has 1 amide bonds. The van der Waals surface area contributed by atoms with Crippen LogP contribution in [0.4, 0.5) is 5.69 Å².